The molecule has 28 heavy (non-hydrogen) atoms. The maximum Gasteiger partial charge on any atom is 0.198 e. The molecule has 0 saturated carbocycles. The summed E-state index contributed by atoms with van der Waals surface area (Å²) in [4.78, 5) is 7.56. The topological polar surface area (TPSA) is 81.8 Å². The van der Waals surface area contributed by atoms with Gasteiger partial charge in [0.1, 0.15) is 11.5 Å². The minimum absolute atomic E-state index is 0.0541. The van der Waals surface area contributed by atoms with Crippen LogP contribution in [0.1, 0.15) is 5.56 Å². The molecular formula is C23H16N2O3. The van der Waals surface area contributed by atoms with E-state index in [0.29, 0.717) is 11.3 Å². The summed E-state index contributed by atoms with van der Waals surface area (Å²) in [7, 11) is 0. The molecule has 2 heterocycles. The molecule has 0 fully saturated rings. The van der Waals surface area contributed by atoms with Crippen LogP contribution in [0.2, 0.25) is 0 Å². The summed E-state index contributed by atoms with van der Waals surface area (Å²) in [5.74, 6) is 1.04. The van der Waals surface area contributed by atoms with Gasteiger partial charge in [-0.25, -0.2) is 0 Å². The number of hydrogen-bond acceptors (Lipinski definition) is 4. The lowest BCUT2D eigenvalue weighted by Crippen LogP contribution is -1.81. The van der Waals surface area contributed by atoms with Crippen LogP contribution < -0.4 is 0 Å². The Morgan fingerprint density at radius 2 is 1.71 bits per heavy atom. The number of aliphatic imine (C=N–C) groups is 1. The van der Waals surface area contributed by atoms with Gasteiger partial charge in [-0.2, -0.15) is 0 Å². The number of H-pyrrole nitrogens is 1. The first kappa shape index (κ1) is 16.2. The molecule has 0 bridgehead atoms. The van der Waals surface area contributed by atoms with Crippen molar-refractivity contribution in [3.63, 3.8) is 0 Å². The highest BCUT2D eigenvalue weighted by molar-refractivity contribution is 6.05. The van der Waals surface area contributed by atoms with Gasteiger partial charge in [0.25, 0.3) is 0 Å². The van der Waals surface area contributed by atoms with Crippen molar-refractivity contribution in [3.8, 4) is 23.0 Å². The molecule has 5 heteroatoms. The first-order valence-electron chi connectivity index (χ1n) is 8.84. The number of phenolic OH excluding ortho intramolecular Hbond substituents is 1. The van der Waals surface area contributed by atoms with E-state index in [2.05, 4.69) is 9.98 Å². The average molecular weight is 368 g/mol. The molecule has 0 aliphatic carbocycles. The summed E-state index contributed by atoms with van der Waals surface area (Å²) in [6.07, 6.45) is 3.27. The number of nitrogens with zero attached hydrogens (tertiary/aromatic N) is 1. The fraction of sp³-hybridized carbons (Fsp3) is 0. The standard InChI is InChI=1S/C23H16N2O3/c26-21-10-9-19(15-4-1-2-5-17(15)21)24-13-18-16-8-7-14(22-6-3-11-28-22)12-20(16)25-23(18)27/h1-13,25-27H. The smallest absolute Gasteiger partial charge is 0.198 e. The molecule has 0 spiro atoms. The van der Waals surface area contributed by atoms with E-state index >= 15 is 0 Å². The van der Waals surface area contributed by atoms with Crippen LogP contribution in [0.5, 0.6) is 11.6 Å². The molecule has 5 aromatic rings. The van der Waals surface area contributed by atoms with Crippen molar-refractivity contribution in [2.24, 2.45) is 4.99 Å². The Balaban J connectivity index is 1.59. The predicted molar refractivity (Wildman–Crippen MR) is 111 cm³/mol. The number of benzene rings is 3. The van der Waals surface area contributed by atoms with E-state index in [1.165, 1.54) is 0 Å². The minimum atomic E-state index is 0.0541. The lowest BCUT2D eigenvalue weighted by molar-refractivity contribution is 0.457. The molecule has 136 valence electrons. The largest absolute Gasteiger partial charge is 0.507 e. The molecule has 0 atom stereocenters. The Morgan fingerprint density at radius 3 is 2.54 bits per heavy atom. The second-order valence-corrected chi connectivity index (χ2v) is 6.53. The Bertz CT molecular complexity index is 1330. The Morgan fingerprint density at radius 1 is 0.857 bits per heavy atom. The van der Waals surface area contributed by atoms with Gasteiger partial charge >= 0.3 is 0 Å². The van der Waals surface area contributed by atoms with Gasteiger partial charge in [0.05, 0.1) is 17.5 Å². The average Bonchev–Trinajstić information content (AvgIpc) is 3.35. The van der Waals surface area contributed by atoms with E-state index in [9.17, 15) is 10.2 Å². The molecule has 2 aromatic heterocycles. The van der Waals surface area contributed by atoms with E-state index in [-0.39, 0.29) is 11.6 Å². The van der Waals surface area contributed by atoms with Crippen LogP contribution >= 0.6 is 0 Å². The van der Waals surface area contributed by atoms with Gasteiger partial charge in [0, 0.05) is 33.5 Å². The summed E-state index contributed by atoms with van der Waals surface area (Å²) in [5, 5.41) is 22.9. The summed E-state index contributed by atoms with van der Waals surface area (Å²) in [5.41, 5.74) is 3.04. The highest BCUT2D eigenvalue weighted by Crippen LogP contribution is 2.34. The lowest BCUT2D eigenvalue weighted by Gasteiger charge is -2.04. The first-order chi connectivity index (χ1) is 13.7. The van der Waals surface area contributed by atoms with Gasteiger partial charge < -0.3 is 19.6 Å². The highest BCUT2D eigenvalue weighted by Gasteiger charge is 2.11. The summed E-state index contributed by atoms with van der Waals surface area (Å²) in [6.45, 7) is 0. The van der Waals surface area contributed by atoms with E-state index in [1.807, 2.05) is 54.6 Å². The molecule has 5 rings (SSSR count). The highest BCUT2D eigenvalue weighted by atomic mass is 16.3. The third-order valence-corrected chi connectivity index (χ3v) is 4.83. The molecule has 3 N–H and O–H groups in total. The molecule has 0 amide bonds. The van der Waals surface area contributed by atoms with Crippen LogP contribution in [0, 0.1) is 0 Å². The Kier molecular flexibility index (Phi) is 3.66. The fourth-order valence-corrected chi connectivity index (χ4v) is 3.45. The van der Waals surface area contributed by atoms with E-state index in [4.69, 9.17) is 4.42 Å². The predicted octanol–water partition coefficient (Wildman–Crippen LogP) is 5.74. The number of aromatic hydroxyl groups is 2. The van der Waals surface area contributed by atoms with Crippen LogP contribution in [-0.2, 0) is 0 Å². The molecule has 0 saturated heterocycles. The third-order valence-electron chi connectivity index (χ3n) is 4.83. The fourth-order valence-electron chi connectivity index (χ4n) is 3.45. The second kappa shape index (κ2) is 6.32. The Labute approximate surface area is 160 Å². The number of aromatic nitrogens is 1. The lowest BCUT2D eigenvalue weighted by atomic mass is 10.1. The molecule has 0 radical (unpaired) electrons. The molecule has 5 nitrogen and oxygen atoms in total. The molecule has 3 aromatic carbocycles. The molecule has 0 aliphatic rings. The van der Waals surface area contributed by atoms with Gasteiger partial charge in [-0.15, -0.1) is 0 Å². The van der Waals surface area contributed by atoms with Gasteiger partial charge in [-0.3, -0.25) is 4.99 Å². The monoisotopic (exact) mass is 368 g/mol. The maximum absolute atomic E-state index is 10.4. The van der Waals surface area contributed by atoms with Crippen molar-refractivity contribution in [1.29, 1.82) is 0 Å². The number of phenols is 1. The normalized spacial score (nSPS) is 11.7. The maximum atomic E-state index is 10.4. The summed E-state index contributed by atoms with van der Waals surface area (Å²) in [6, 6.07) is 20.5. The van der Waals surface area contributed by atoms with Crippen LogP contribution in [0.4, 0.5) is 5.69 Å². The molecular weight excluding hydrogens is 352 g/mol. The minimum Gasteiger partial charge on any atom is -0.507 e. The zero-order valence-electron chi connectivity index (χ0n) is 14.8. The van der Waals surface area contributed by atoms with Gasteiger partial charge in [-0.1, -0.05) is 36.4 Å². The SMILES string of the molecule is Oc1[nH]c2cc(-c3ccco3)ccc2c1C=Nc1ccc(O)c2ccccc12. The van der Waals surface area contributed by atoms with Crippen LogP contribution in [-0.4, -0.2) is 21.4 Å². The number of fused-ring (bicyclic) bond motifs is 2. The second-order valence-electron chi connectivity index (χ2n) is 6.53. The van der Waals surface area contributed by atoms with Crippen LogP contribution in [0.15, 0.2) is 82.4 Å². The Hall–Kier alpha value is -3.99. The quantitative estimate of drug-likeness (QED) is 0.355. The summed E-state index contributed by atoms with van der Waals surface area (Å²) >= 11 is 0. The van der Waals surface area contributed by atoms with Gasteiger partial charge in [0.15, 0.2) is 5.88 Å². The van der Waals surface area contributed by atoms with Gasteiger partial charge in [0.2, 0.25) is 0 Å². The number of rotatable bonds is 3. The zero-order valence-corrected chi connectivity index (χ0v) is 14.8. The van der Waals surface area contributed by atoms with Crippen molar-refractivity contribution >= 4 is 33.6 Å². The van der Waals surface area contributed by atoms with Crippen molar-refractivity contribution in [3.05, 3.63) is 78.6 Å². The number of aromatic amines is 1. The summed E-state index contributed by atoms with van der Waals surface area (Å²) < 4.78 is 5.44. The number of nitrogens with one attached hydrogen (secondary N) is 1. The van der Waals surface area contributed by atoms with Crippen molar-refractivity contribution < 1.29 is 14.6 Å². The zero-order chi connectivity index (χ0) is 19.1. The number of hydrogen-bond donors (Lipinski definition) is 3. The van der Waals surface area contributed by atoms with E-state index in [0.717, 1.165) is 33.0 Å². The van der Waals surface area contributed by atoms with Crippen molar-refractivity contribution in [1.82, 2.24) is 4.98 Å². The van der Waals surface area contributed by atoms with Gasteiger partial charge in [-0.05, 0) is 30.3 Å². The molecule has 0 unspecified atom stereocenters. The van der Waals surface area contributed by atoms with E-state index < -0.39 is 0 Å². The van der Waals surface area contributed by atoms with Crippen LogP contribution in [0.3, 0.4) is 0 Å². The van der Waals surface area contributed by atoms with Crippen molar-refractivity contribution in [2.75, 3.05) is 0 Å². The van der Waals surface area contributed by atoms with Crippen molar-refractivity contribution in [2.45, 2.75) is 0 Å². The van der Waals surface area contributed by atoms with E-state index in [1.54, 1.807) is 24.6 Å². The molecule has 0 aliphatic heterocycles. The third kappa shape index (κ3) is 2.61. The number of furan rings is 1. The first-order valence-corrected chi connectivity index (χ1v) is 8.84. The van der Waals surface area contributed by atoms with Crippen LogP contribution in [0.25, 0.3) is 33.0 Å².